The van der Waals surface area contributed by atoms with Gasteiger partial charge < -0.3 is 10.4 Å². The third kappa shape index (κ3) is 38.3. The van der Waals surface area contributed by atoms with Gasteiger partial charge in [0.15, 0.2) is 0 Å². The second-order valence-electron chi connectivity index (χ2n) is 13.2. The zero-order valence-corrected chi connectivity index (χ0v) is 33.0. The lowest BCUT2D eigenvalue weighted by molar-refractivity contribution is -0.122. The second-order valence-corrected chi connectivity index (χ2v) is 14.7. The number of carbonyl (C=O) groups is 1. The van der Waals surface area contributed by atoms with Crippen LogP contribution in [0.1, 0.15) is 155 Å². The molecule has 0 bridgehead atoms. The van der Waals surface area contributed by atoms with E-state index in [1.807, 2.05) is 0 Å². The molecule has 0 aromatic rings. The van der Waals surface area contributed by atoms with Crippen LogP contribution in [0.5, 0.6) is 0 Å². The van der Waals surface area contributed by atoms with E-state index in [-0.39, 0.29) is 12.3 Å². The van der Waals surface area contributed by atoms with Gasteiger partial charge in [0, 0.05) is 6.42 Å². The van der Waals surface area contributed by atoms with Crippen LogP contribution in [0.25, 0.3) is 0 Å². The van der Waals surface area contributed by atoms with Gasteiger partial charge in [0.2, 0.25) is 5.91 Å². The first-order chi connectivity index (χ1) is 24.8. The molecule has 6 nitrogen and oxygen atoms in total. The molecule has 2 atom stereocenters. The molecule has 7 heteroatoms. The van der Waals surface area contributed by atoms with E-state index in [1.165, 1.54) is 63.9 Å². The van der Waals surface area contributed by atoms with Crippen LogP contribution in [-0.2, 0) is 14.9 Å². The second kappa shape index (κ2) is 37.0. The third-order valence-corrected chi connectivity index (χ3v) is 9.02. The van der Waals surface area contributed by atoms with Gasteiger partial charge in [-0.1, -0.05) is 162 Å². The minimum absolute atomic E-state index is 0.227. The summed E-state index contributed by atoms with van der Waals surface area (Å²) in [4.78, 5) is 12.5. The van der Waals surface area contributed by atoms with Gasteiger partial charge in [-0.2, -0.15) is 8.42 Å². The Hall–Kier alpha value is -2.74. The number of carbonyl (C=O) groups excluding carboxylic acids is 1. The summed E-state index contributed by atoms with van der Waals surface area (Å²) in [7, 11) is -4.37. The highest BCUT2D eigenvalue weighted by molar-refractivity contribution is 7.85. The summed E-state index contributed by atoms with van der Waals surface area (Å²) in [5.41, 5.74) is 0. The zero-order chi connectivity index (χ0) is 37.5. The molecule has 0 radical (unpaired) electrons. The Balaban J connectivity index is 4.12. The number of allylic oxidation sites excluding steroid dienone is 15. The number of aliphatic hydroxyl groups excluding tert-OH is 1. The molecule has 0 aliphatic rings. The fourth-order valence-corrected chi connectivity index (χ4v) is 6.02. The Morgan fingerprint density at radius 2 is 0.961 bits per heavy atom. The summed E-state index contributed by atoms with van der Waals surface area (Å²) in [5.74, 6) is -1.07. The number of aliphatic hydroxyl groups is 1. The Bertz CT molecular complexity index is 1160. The van der Waals surface area contributed by atoms with Crippen LogP contribution < -0.4 is 5.32 Å². The monoisotopic (exact) mass is 728 g/mol. The molecule has 290 valence electrons. The van der Waals surface area contributed by atoms with Crippen molar-refractivity contribution in [2.75, 3.05) is 5.75 Å². The van der Waals surface area contributed by atoms with E-state index >= 15 is 0 Å². The lowest BCUT2D eigenvalue weighted by Gasteiger charge is -2.21. The van der Waals surface area contributed by atoms with Crippen LogP contribution in [0.2, 0.25) is 0 Å². The van der Waals surface area contributed by atoms with Crippen molar-refractivity contribution >= 4 is 16.0 Å². The number of hydrogen-bond acceptors (Lipinski definition) is 4. The Kier molecular flexibility index (Phi) is 35.0. The highest BCUT2D eigenvalue weighted by Gasteiger charge is 2.24. The largest absolute Gasteiger partial charge is 0.387 e. The molecule has 0 aromatic carbocycles. The van der Waals surface area contributed by atoms with Crippen molar-refractivity contribution < 1.29 is 22.9 Å². The van der Waals surface area contributed by atoms with Gasteiger partial charge in [-0.15, -0.1) is 0 Å². The average Bonchev–Trinajstić information content (AvgIpc) is 3.09. The molecule has 3 N–H and O–H groups in total. The van der Waals surface area contributed by atoms with Crippen LogP contribution in [0.3, 0.4) is 0 Å². The molecular weight excluding hydrogens is 655 g/mol. The van der Waals surface area contributed by atoms with Crippen molar-refractivity contribution in [3.05, 3.63) is 97.2 Å². The summed E-state index contributed by atoms with van der Waals surface area (Å²) in [6, 6.07) is -1.10. The summed E-state index contributed by atoms with van der Waals surface area (Å²) < 4.78 is 32.4. The van der Waals surface area contributed by atoms with Crippen LogP contribution in [-0.4, -0.2) is 41.9 Å². The maximum absolute atomic E-state index is 12.5. The summed E-state index contributed by atoms with van der Waals surface area (Å²) >= 11 is 0. The van der Waals surface area contributed by atoms with Crippen molar-refractivity contribution in [3.63, 3.8) is 0 Å². The Morgan fingerprint density at radius 3 is 1.47 bits per heavy atom. The third-order valence-electron chi connectivity index (χ3n) is 8.24. The minimum Gasteiger partial charge on any atom is -0.387 e. The van der Waals surface area contributed by atoms with Gasteiger partial charge >= 0.3 is 0 Å². The first-order valence-corrected chi connectivity index (χ1v) is 21.5. The van der Waals surface area contributed by atoms with E-state index in [2.05, 4.69) is 104 Å². The van der Waals surface area contributed by atoms with E-state index in [1.54, 1.807) is 6.08 Å². The fourth-order valence-electron chi connectivity index (χ4n) is 5.29. The molecule has 0 fully saturated rings. The highest BCUT2D eigenvalue weighted by Crippen LogP contribution is 2.11. The van der Waals surface area contributed by atoms with Crippen molar-refractivity contribution in [2.24, 2.45) is 0 Å². The molecular formula is C44H73NO5S. The molecule has 2 unspecified atom stereocenters. The number of rotatable bonds is 34. The Morgan fingerprint density at radius 1 is 0.549 bits per heavy atom. The summed E-state index contributed by atoms with van der Waals surface area (Å²) in [6.45, 7) is 4.39. The maximum Gasteiger partial charge on any atom is 0.267 e. The van der Waals surface area contributed by atoms with Gasteiger partial charge in [0.25, 0.3) is 10.1 Å². The smallest absolute Gasteiger partial charge is 0.267 e. The lowest BCUT2D eigenvalue weighted by Crippen LogP contribution is -2.46. The summed E-state index contributed by atoms with van der Waals surface area (Å²) in [6.07, 6.45) is 55.3. The quantitative estimate of drug-likeness (QED) is 0.0348. The number of nitrogens with one attached hydrogen (secondary N) is 1. The normalized spacial score (nSPS) is 14.4. The van der Waals surface area contributed by atoms with Crippen LogP contribution in [0.15, 0.2) is 97.2 Å². The molecule has 51 heavy (non-hydrogen) atoms. The van der Waals surface area contributed by atoms with Crippen molar-refractivity contribution in [1.29, 1.82) is 0 Å². The predicted octanol–water partition coefficient (Wildman–Crippen LogP) is 11.8. The van der Waals surface area contributed by atoms with Gasteiger partial charge in [-0.05, 0) is 83.5 Å². The standard InChI is InChI=1S/C44H73NO5S/c1-3-5-7-9-11-13-15-17-19-20-21-22-23-24-26-28-30-32-34-36-38-40-44(47)45-42(41-51(48,49)50)43(46)39-37-35-33-31-29-27-25-18-16-14-12-10-8-6-4-2/h5,7,11,13,17,19,21-22,24,26,29-32,37,39,42-43,46H,3-4,6,8-10,12,14-16,18,20,23,25,27-28,33-36,38,40-41H2,1-2H3,(H,45,47)(H,48,49,50)/b7-5-,13-11-,19-17-,22-21-,26-24-,31-29+,32-30-,39-37+. The van der Waals surface area contributed by atoms with Gasteiger partial charge in [0.1, 0.15) is 0 Å². The fraction of sp³-hybridized carbons (Fsp3) is 0.614. The topological polar surface area (TPSA) is 104 Å². The molecule has 0 heterocycles. The van der Waals surface area contributed by atoms with Gasteiger partial charge in [0.05, 0.1) is 17.9 Å². The van der Waals surface area contributed by atoms with E-state index in [0.717, 1.165) is 64.2 Å². The van der Waals surface area contributed by atoms with Crippen LogP contribution >= 0.6 is 0 Å². The Labute approximate surface area is 313 Å². The molecule has 0 aliphatic heterocycles. The van der Waals surface area contributed by atoms with Crippen molar-refractivity contribution in [2.45, 2.75) is 167 Å². The maximum atomic E-state index is 12.5. The van der Waals surface area contributed by atoms with Crippen LogP contribution in [0, 0.1) is 0 Å². The molecule has 1 amide bonds. The molecule has 0 rings (SSSR count). The molecule has 0 spiro atoms. The first kappa shape index (κ1) is 48.3. The molecule has 0 saturated carbocycles. The molecule has 0 aliphatic carbocycles. The lowest BCUT2D eigenvalue weighted by atomic mass is 10.1. The number of hydrogen-bond donors (Lipinski definition) is 3. The first-order valence-electron chi connectivity index (χ1n) is 19.9. The van der Waals surface area contributed by atoms with Crippen molar-refractivity contribution in [3.8, 4) is 0 Å². The molecule has 0 aromatic heterocycles. The van der Waals surface area contributed by atoms with Gasteiger partial charge in [-0.25, -0.2) is 0 Å². The van der Waals surface area contributed by atoms with E-state index in [9.17, 15) is 22.9 Å². The SMILES string of the molecule is CC/C=C\C/C=C\C/C=C\C/C=C\C/C=C\C/C=C\CCCCC(=O)NC(CS(=O)(=O)O)C(O)/C=C/CC/C=C/CCCCCCCCCCC. The predicted molar refractivity (Wildman–Crippen MR) is 220 cm³/mol. The number of unbranched alkanes of at least 4 members (excludes halogenated alkanes) is 12. The number of amides is 1. The minimum atomic E-state index is -4.37. The summed E-state index contributed by atoms with van der Waals surface area (Å²) in [5, 5.41) is 13.2. The zero-order valence-electron chi connectivity index (χ0n) is 32.2. The van der Waals surface area contributed by atoms with Crippen molar-refractivity contribution in [1.82, 2.24) is 5.32 Å². The van der Waals surface area contributed by atoms with E-state index in [4.69, 9.17) is 0 Å². The van der Waals surface area contributed by atoms with E-state index < -0.39 is 28.0 Å². The highest BCUT2D eigenvalue weighted by atomic mass is 32.2. The average molecular weight is 728 g/mol. The van der Waals surface area contributed by atoms with E-state index in [0.29, 0.717) is 12.8 Å². The molecule has 0 saturated heterocycles. The van der Waals surface area contributed by atoms with Crippen LogP contribution in [0.4, 0.5) is 0 Å². The van der Waals surface area contributed by atoms with Gasteiger partial charge in [-0.3, -0.25) is 9.35 Å².